The highest BCUT2D eigenvalue weighted by Gasteiger charge is 2.14. The number of hydrazone groups is 1. The summed E-state index contributed by atoms with van der Waals surface area (Å²) in [4.78, 5) is 23.3. The maximum absolute atomic E-state index is 12.1. The maximum atomic E-state index is 12.1. The highest BCUT2D eigenvalue weighted by atomic mass is 32.2. The first-order valence-corrected chi connectivity index (χ1v) is 8.16. The Labute approximate surface area is 144 Å². The molecule has 0 fully saturated rings. The van der Waals surface area contributed by atoms with Gasteiger partial charge in [0.25, 0.3) is 11.6 Å². The fourth-order valence-corrected chi connectivity index (χ4v) is 2.76. The van der Waals surface area contributed by atoms with Gasteiger partial charge in [0.1, 0.15) is 0 Å². The number of amides is 1. The number of rotatable bonds is 6. The highest BCUT2D eigenvalue weighted by molar-refractivity contribution is 8.00. The number of carbonyl (C=O) groups excluding carboxylic acids is 1. The molecule has 2 aromatic rings. The molecule has 1 atom stereocenters. The Morgan fingerprint density at radius 1 is 1.17 bits per heavy atom. The molecule has 0 spiro atoms. The molecule has 0 unspecified atom stereocenters. The molecule has 0 aliphatic heterocycles. The van der Waals surface area contributed by atoms with Crippen molar-refractivity contribution >= 4 is 29.1 Å². The molecule has 7 heteroatoms. The van der Waals surface area contributed by atoms with E-state index in [2.05, 4.69) is 10.5 Å². The van der Waals surface area contributed by atoms with Crippen LogP contribution in [0.4, 0.5) is 5.69 Å². The van der Waals surface area contributed by atoms with Crippen LogP contribution in [-0.2, 0) is 4.79 Å². The molecule has 24 heavy (non-hydrogen) atoms. The number of nitro benzene ring substituents is 1. The minimum atomic E-state index is -0.458. The van der Waals surface area contributed by atoms with Crippen LogP contribution in [-0.4, -0.2) is 21.8 Å². The van der Waals surface area contributed by atoms with Gasteiger partial charge in [-0.25, -0.2) is 5.43 Å². The maximum Gasteiger partial charge on any atom is 0.269 e. The fourth-order valence-electron chi connectivity index (χ4n) is 1.88. The van der Waals surface area contributed by atoms with E-state index in [0.717, 1.165) is 4.90 Å². The zero-order valence-electron chi connectivity index (χ0n) is 13.3. The van der Waals surface area contributed by atoms with E-state index in [1.165, 1.54) is 23.9 Å². The number of non-ortho nitro benzene ring substituents is 1. The largest absolute Gasteiger partial charge is 0.272 e. The van der Waals surface area contributed by atoms with Crippen molar-refractivity contribution in [3.8, 4) is 0 Å². The first-order chi connectivity index (χ1) is 11.5. The third-order valence-electron chi connectivity index (χ3n) is 3.25. The molecule has 6 nitrogen and oxygen atoms in total. The predicted octanol–water partition coefficient (Wildman–Crippen LogP) is 3.62. The van der Waals surface area contributed by atoms with E-state index < -0.39 is 4.92 Å². The summed E-state index contributed by atoms with van der Waals surface area (Å²) >= 11 is 1.45. The number of nitro groups is 1. The zero-order valence-corrected chi connectivity index (χ0v) is 14.1. The van der Waals surface area contributed by atoms with Crippen molar-refractivity contribution in [2.45, 2.75) is 24.0 Å². The van der Waals surface area contributed by atoms with Gasteiger partial charge in [-0.05, 0) is 43.7 Å². The van der Waals surface area contributed by atoms with Gasteiger partial charge in [-0.3, -0.25) is 14.9 Å². The van der Waals surface area contributed by atoms with E-state index in [1.54, 1.807) is 19.1 Å². The summed E-state index contributed by atoms with van der Waals surface area (Å²) in [5, 5.41) is 14.4. The summed E-state index contributed by atoms with van der Waals surface area (Å²) in [7, 11) is 0. The van der Waals surface area contributed by atoms with E-state index in [1.807, 2.05) is 37.3 Å². The van der Waals surface area contributed by atoms with Crippen LogP contribution in [0.5, 0.6) is 0 Å². The Kier molecular flexibility index (Phi) is 6.08. The van der Waals surface area contributed by atoms with E-state index in [0.29, 0.717) is 11.3 Å². The first-order valence-electron chi connectivity index (χ1n) is 7.28. The van der Waals surface area contributed by atoms with Gasteiger partial charge in [-0.2, -0.15) is 5.10 Å². The van der Waals surface area contributed by atoms with Gasteiger partial charge in [0.15, 0.2) is 0 Å². The van der Waals surface area contributed by atoms with Crippen LogP contribution >= 0.6 is 11.8 Å². The Hall–Kier alpha value is -2.67. The molecule has 124 valence electrons. The van der Waals surface area contributed by atoms with Crippen molar-refractivity contribution in [3.05, 3.63) is 70.3 Å². The van der Waals surface area contributed by atoms with Crippen LogP contribution < -0.4 is 5.43 Å². The van der Waals surface area contributed by atoms with Gasteiger partial charge < -0.3 is 0 Å². The third kappa shape index (κ3) is 4.92. The molecule has 0 bridgehead atoms. The van der Waals surface area contributed by atoms with Crippen molar-refractivity contribution in [2.75, 3.05) is 0 Å². The molecule has 0 aromatic heterocycles. The highest BCUT2D eigenvalue weighted by Crippen LogP contribution is 2.22. The van der Waals surface area contributed by atoms with E-state index in [-0.39, 0.29) is 16.8 Å². The van der Waals surface area contributed by atoms with Crippen molar-refractivity contribution in [1.82, 2.24) is 5.43 Å². The van der Waals surface area contributed by atoms with Crippen LogP contribution in [0.3, 0.4) is 0 Å². The van der Waals surface area contributed by atoms with Crippen molar-refractivity contribution in [3.63, 3.8) is 0 Å². The molecule has 2 aromatic carbocycles. The standard InChI is InChI=1S/C17H17N3O3S/c1-12(14-8-10-15(11-9-14)20(22)23)18-19-17(21)13(2)24-16-6-4-3-5-7-16/h3-11,13H,1-2H3,(H,19,21)/b18-12-/t13-/m1/s1. The summed E-state index contributed by atoms with van der Waals surface area (Å²) in [6.07, 6.45) is 0. The molecular weight excluding hydrogens is 326 g/mol. The minimum absolute atomic E-state index is 0.0171. The number of carbonyl (C=O) groups is 1. The SMILES string of the molecule is C/C(=N/NC(=O)[C@@H](C)Sc1ccccc1)c1ccc([N+](=O)[O-])cc1. The second kappa shape index (κ2) is 8.26. The van der Waals surface area contributed by atoms with E-state index in [4.69, 9.17) is 0 Å². The van der Waals surface area contributed by atoms with Crippen LogP contribution in [0.25, 0.3) is 0 Å². The first kappa shape index (κ1) is 17.7. The van der Waals surface area contributed by atoms with Gasteiger partial charge in [0.2, 0.25) is 0 Å². The Morgan fingerprint density at radius 3 is 2.38 bits per heavy atom. The minimum Gasteiger partial charge on any atom is -0.272 e. The van der Waals surface area contributed by atoms with E-state index in [9.17, 15) is 14.9 Å². The quantitative estimate of drug-likeness (QED) is 0.376. The normalized spacial score (nSPS) is 12.5. The molecule has 1 N–H and O–H groups in total. The second-order valence-electron chi connectivity index (χ2n) is 5.05. The lowest BCUT2D eigenvalue weighted by Gasteiger charge is -2.10. The lowest BCUT2D eigenvalue weighted by molar-refractivity contribution is -0.384. The number of hydrogen-bond acceptors (Lipinski definition) is 5. The second-order valence-corrected chi connectivity index (χ2v) is 6.46. The molecule has 0 aliphatic rings. The molecule has 0 radical (unpaired) electrons. The summed E-state index contributed by atoms with van der Waals surface area (Å²) < 4.78 is 0. The molecule has 0 saturated carbocycles. The number of thioether (sulfide) groups is 1. The van der Waals surface area contributed by atoms with Gasteiger partial charge in [-0.15, -0.1) is 11.8 Å². The summed E-state index contributed by atoms with van der Waals surface area (Å²) in [5.41, 5.74) is 3.84. The van der Waals surface area contributed by atoms with Gasteiger partial charge in [0, 0.05) is 17.0 Å². The smallest absolute Gasteiger partial charge is 0.269 e. The lowest BCUT2D eigenvalue weighted by Crippen LogP contribution is -2.27. The molecular formula is C17H17N3O3S. The summed E-state index contributed by atoms with van der Waals surface area (Å²) in [6, 6.07) is 15.7. The fraction of sp³-hybridized carbons (Fsp3) is 0.176. The van der Waals surface area contributed by atoms with Crippen molar-refractivity contribution in [1.29, 1.82) is 0 Å². The van der Waals surface area contributed by atoms with Crippen LogP contribution in [0.15, 0.2) is 64.6 Å². The summed E-state index contributed by atoms with van der Waals surface area (Å²) in [5.74, 6) is -0.204. The van der Waals surface area contributed by atoms with Crippen molar-refractivity contribution in [2.24, 2.45) is 5.10 Å². The number of nitrogens with one attached hydrogen (secondary N) is 1. The molecule has 0 saturated heterocycles. The van der Waals surface area contributed by atoms with Crippen LogP contribution in [0, 0.1) is 10.1 Å². The Balaban J connectivity index is 1.95. The average molecular weight is 343 g/mol. The van der Waals surface area contributed by atoms with Crippen LogP contribution in [0.1, 0.15) is 19.4 Å². The topological polar surface area (TPSA) is 84.6 Å². The average Bonchev–Trinajstić information content (AvgIpc) is 2.60. The zero-order chi connectivity index (χ0) is 17.5. The number of benzene rings is 2. The van der Waals surface area contributed by atoms with Crippen LogP contribution in [0.2, 0.25) is 0 Å². The Bertz CT molecular complexity index is 745. The predicted molar refractivity (Wildman–Crippen MR) is 95.2 cm³/mol. The molecule has 2 rings (SSSR count). The van der Waals surface area contributed by atoms with E-state index >= 15 is 0 Å². The number of nitrogens with zero attached hydrogens (tertiary/aromatic N) is 2. The number of hydrogen-bond donors (Lipinski definition) is 1. The molecule has 1 amide bonds. The molecule has 0 aliphatic carbocycles. The van der Waals surface area contributed by atoms with Crippen molar-refractivity contribution < 1.29 is 9.72 Å². The Morgan fingerprint density at radius 2 is 1.79 bits per heavy atom. The van der Waals surface area contributed by atoms with Gasteiger partial charge in [-0.1, -0.05) is 18.2 Å². The van der Waals surface area contributed by atoms with Gasteiger partial charge >= 0.3 is 0 Å². The summed E-state index contributed by atoms with van der Waals surface area (Å²) in [6.45, 7) is 3.54. The monoisotopic (exact) mass is 343 g/mol. The lowest BCUT2D eigenvalue weighted by atomic mass is 10.1. The molecule has 0 heterocycles. The van der Waals surface area contributed by atoms with Gasteiger partial charge in [0.05, 0.1) is 15.9 Å². The third-order valence-corrected chi connectivity index (χ3v) is 4.37.